The number of hydrogen-bond acceptors (Lipinski definition) is 5. The van der Waals surface area contributed by atoms with Gasteiger partial charge >= 0.3 is 0 Å². The predicted octanol–water partition coefficient (Wildman–Crippen LogP) is 1.07. The molecule has 8 nitrogen and oxygen atoms in total. The van der Waals surface area contributed by atoms with E-state index in [2.05, 4.69) is 14.9 Å². The lowest BCUT2D eigenvalue weighted by atomic mass is 9.99. The fraction of sp³-hybridized carbons (Fsp3) is 0.444. The van der Waals surface area contributed by atoms with Gasteiger partial charge < -0.3 is 9.64 Å². The zero-order valence-electron chi connectivity index (χ0n) is 14.8. The van der Waals surface area contributed by atoms with Crippen molar-refractivity contribution < 1.29 is 17.9 Å². The molecule has 9 heteroatoms. The van der Waals surface area contributed by atoms with Gasteiger partial charge in [0.15, 0.2) is 0 Å². The molecule has 0 saturated carbocycles. The number of carbonyl (C=O) groups excluding carboxylic acids is 1. The summed E-state index contributed by atoms with van der Waals surface area (Å²) in [6.45, 7) is 1.94. The summed E-state index contributed by atoms with van der Waals surface area (Å²) in [5.74, 6) is -0.136. The predicted molar refractivity (Wildman–Crippen MR) is 97.6 cm³/mol. The van der Waals surface area contributed by atoms with E-state index in [-0.39, 0.29) is 23.5 Å². The van der Waals surface area contributed by atoms with Crippen molar-refractivity contribution in [2.75, 3.05) is 19.7 Å². The first-order valence-corrected chi connectivity index (χ1v) is 10.5. The first kappa shape index (κ1) is 18.1. The molecule has 2 N–H and O–H groups in total. The second kappa shape index (κ2) is 7.41. The highest BCUT2D eigenvalue weighted by Crippen LogP contribution is 2.24. The summed E-state index contributed by atoms with van der Waals surface area (Å²) in [7, 11) is -3.61. The van der Waals surface area contributed by atoms with E-state index in [9.17, 15) is 13.2 Å². The van der Waals surface area contributed by atoms with Gasteiger partial charge in [-0.25, -0.2) is 13.1 Å². The minimum atomic E-state index is -3.61. The van der Waals surface area contributed by atoms with Crippen LogP contribution in [0.5, 0.6) is 0 Å². The minimum absolute atomic E-state index is 0.0556. The van der Waals surface area contributed by atoms with Crippen LogP contribution < -0.4 is 4.72 Å². The summed E-state index contributed by atoms with van der Waals surface area (Å²) in [6, 6.07) is 6.77. The number of aromatic amines is 1. The maximum Gasteiger partial charge on any atom is 0.272 e. The number of benzene rings is 1. The van der Waals surface area contributed by atoms with Crippen molar-refractivity contribution in [3.05, 3.63) is 47.3 Å². The van der Waals surface area contributed by atoms with Crippen molar-refractivity contribution in [1.29, 1.82) is 0 Å². The van der Waals surface area contributed by atoms with Crippen LogP contribution in [-0.2, 0) is 27.7 Å². The Hall–Kier alpha value is -2.23. The van der Waals surface area contributed by atoms with Crippen LogP contribution in [0.15, 0.2) is 35.4 Å². The van der Waals surface area contributed by atoms with Gasteiger partial charge in [-0.3, -0.25) is 9.89 Å². The zero-order chi connectivity index (χ0) is 18.9. The van der Waals surface area contributed by atoms with E-state index in [1.54, 1.807) is 23.1 Å². The zero-order valence-corrected chi connectivity index (χ0v) is 15.7. The quantitative estimate of drug-likeness (QED) is 0.795. The van der Waals surface area contributed by atoms with Crippen LogP contribution in [0.25, 0.3) is 0 Å². The van der Waals surface area contributed by atoms with E-state index in [0.717, 1.165) is 24.0 Å². The van der Waals surface area contributed by atoms with Gasteiger partial charge in [0, 0.05) is 32.4 Å². The number of amides is 1. The molecule has 0 bridgehead atoms. The Morgan fingerprint density at radius 1 is 1.33 bits per heavy atom. The molecule has 0 spiro atoms. The fourth-order valence-electron chi connectivity index (χ4n) is 3.51. The highest BCUT2D eigenvalue weighted by atomic mass is 32.2. The van der Waals surface area contributed by atoms with Crippen molar-refractivity contribution in [3.8, 4) is 0 Å². The average molecular weight is 390 g/mol. The number of hydrogen-bond donors (Lipinski definition) is 2. The summed E-state index contributed by atoms with van der Waals surface area (Å²) >= 11 is 0. The largest absolute Gasteiger partial charge is 0.377 e. The maximum absolute atomic E-state index is 12.6. The minimum Gasteiger partial charge on any atom is -0.377 e. The van der Waals surface area contributed by atoms with Gasteiger partial charge in [0.1, 0.15) is 5.69 Å². The van der Waals surface area contributed by atoms with E-state index < -0.39 is 10.0 Å². The van der Waals surface area contributed by atoms with Crippen LogP contribution in [0.4, 0.5) is 0 Å². The summed E-state index contributed by atoms with van der Waals surface area (Å²) in [5.41, 5.74) is 2.36. The van der Waals surface area contributed by atoms with Gasteiger partial charge in [-0.05, 0) is 48.6 Å². The Labute approximate surface area is 158 Å². The number of ether oxygens (including phenoxy) is 1. The molecule has 1 saturated heterocycles. The maximum atomic E-state index is 12.6. The Morgan fingerprint density at radius 3 is 2.96 bits per heavy atom. The van der Waals surface area contributed by atoms with Crippen LogP contribution in [0.2, 0.25) is 0 Å². The monoisotopic (exact) mass is 390 g/mol. The number of rotatable bonds is 5. The number of H-pyrrole nitrogens is 1. The van der Waals surface area contributed by atoms with Gasteiger partial charge in [0.25, 0.3) is 5.91 Å². The molecule has 1 aromatic carbocycles. The van der Waals surface area contributed by atoms with Crippen LogP contribution in [-0.4, -0.2) is 55.2 Å². The molecular weight excluding hydrogens is 368 g/mol. The normalized spacial score (nSPS) is 19.9. The van der Waals surface area contributed by atoms with E-state index in [4.69, 9.17) is 4.74 Å². The van der Waals surface area contributed by atoms with Crippen molar-refractivity contribution >= 4 is 15.9 Å². The van der Waals surface area contributed by atoms with E-state index in [1.807, 2.05) is 6.07 Å². The lowest BCUT2D eigenvalue weighted by Gasteiger charge is -2.28. The van der Waals surface area contributed by atoms with Gasteiger partial charge in [0.05, 0.1) is 11.0 Å². The third-order valence-corrected chi connectivity index (χ3v) is 6.46. The highest BCUT2D eigenvalue weighted by molar-refractivity contribution is 7.89. The number of fused-ring (bicyclic) bond motifs is 1. The molecule has 2 aliphatic rings. The second-order valence-electron chi connectivity index (χ2n) is 6.86. The van der Waals surface area contributed by atoms with Gasteiger partial charge in [-0.15, -0.1) is 0 Å². The lowest BCUT2D eigenvalue weighted by Crippen LogP contribution is -2.36. The van der Waals surface area contributed by atoms with E-state index >= 15 is 0 Å². The molecule has 3 heterocycles. The standard InChI is InChI=1S/C18H22N4O4S/c23-18(17-5-7-19-21-17)22-8-6-13-3-4-16(10-14(13)12-22)27(24,25)20-11-15-2-1-9-26-15/h3-5,7,10,15,20H,1-2,6,8-9,11-12H2,(H,19,21)/t15-/m0/s1. The number of nitrogens with one attached hydrogen (secondary N) is 2. The van der Waals surface area contributed by atoms with E-state index in [0.29, 0.717) is 31.8 Å². The summed E-state index contributed by atoms with van der Waals surface area (Å²) < 4.78 is 33.3. The van der Waals surface area contributed by atoms with Crippen LogP contribution in [0.1, 0.15) is 34.5 Å². The Bertz CT molecular complexity index is 921. The average Bonchev–Trinajstić information content (AvgIpc) is 3.38. The smallest absolute Gasteiger partial charge is 0.272 e. The molecule has 1 amide bonds. The van der Waals surface area contributed by atoms with Crippen LogP contribution in [0, 0.1) is 0 Å². The number of sulfonamides is 1. The molecule has 4 rings (SSSR count). The Morgan fingerprint density at radius 2 is 2.22 bits per heavy atom. The van der Waals surface area contributed by atoms with Gasteiger partial charge in [-0.2, -0.15) is 5.10 Å². The number of nitrogens with zero attached hydrogens (tertiary/aromatic N) is 2. The Kier molecular flexibility index (Phi) is 4.98. The van der Waals surface area contributed by atoms with E-state index in [1.165, 1.54) is 6.20 Å². The van der Waals surface area contributed by atoms with Gasteiger partial charge in [0.2, 0.25) is 10.0 Å². The molecule has 1 aromatic heterocycles. The molecular formula is C18H22N4O4S. The van der Waals surface area contributed by atoms with Crippen molar-refractivity contribution in [3.63, 3.8) is 0 Å². The molecule has 2 aliphatic heterocycles. The van der Waals surface area contributed by atoms with Crippen molar-refractivity contribution in [2.45, 2.75) is 36.8 Å². The topological polar surface area (TPSA) is 104 Å². The number of aromatic nitrogens is 2. The molecule has 1 atom stereocenters. The van der Waals surface area contributed by atoms with Crippen LogP contribution >= 0.6 is 0 Å². The molecule has 0 radical (unpaired) electrons. The molecule has 1 fully saturated rings. The molecule has 0 unspecified atom stereocenters. The molecule has 2 aromatic rings. The summed E-state index contributed by atoms with van der Waals surface area (Å²) in [5, 5.41) is 6.49. The third kappa shape index (κ3) is 3.90. The van der Waals surface area contributed by atoms with Gasteiger partial charge in [-0.1, -0.05) is 6.07 Å². The lowest BCUT2D eigenvalue weighted by molar-refractivity contribution is 0.0728. The van der Waals surface area contributed by atoms with Crippen molar-refractivity contribution in [1.82, 2.24) is 19.8 Å². The first-order chi connectivity index (χ1) is 13.0. The first-order valence-electron chi connectivity index (χ1n) is 9.05. The highest BCUT2D eigenvalue weighted by Gasteiger charge is 2.25. The SMILES string of the molecule is O=C(c1ccn[nH]1)N1CCc2ccc(S(=O)(=O)NC[C@@H]3CCCO3)cc2C1. The Balaban J connectivity index is 1.49. The number of carbonyl (C=O) groups is 1. The summed E-state index contributed by atoms with van der Waals surface area (Å²) in [4.78, 5) is 14.4. The molecule has 144 valence electrons. The van der Waals surface area contributed by atoms with Crippen LogP contribution in [0.3, 0.4) is 0 Å². The van der Waals surface area contributed by atoms with Crippen molar-refractivity contribution in [2.24, 2.45) is 0 Å². The molecule has 0 aliphatic carbocycles. The molecule has 27 heavy (non-hydrogen) atoms. The third-order valence-electron chi connectivity index (χ3n) is 5.04. The summed E-state index contributed by atoms with van der Waals surface area (Å²) in [6.07, 6.45) is 4.01. The fourth-order valence-corrected chi connectivity index (χ4v) is 4.63. The second-order valence-corrected chi connectivity index (χ2v) is 8.63.